The Labute approximate surface area is 116 Å². The van der Waals surface area contributed by atoms with Gasteiger partial charge < -0.3 is 10.7 Å². The smallest absolute Gasteiger partial charge is 0.269 e. The van der Waals surface area contributed by atoms with Crippen molar-refractivity contribution in [1.29, 1.82) is 0 Å². The Morgan fingerprint density at radius 3 is 2.60 bits per heavy atom. The molecule has 0 saturated heterocycles. The number of nitro benzene ring substituents is 1. The number of benzene rings is 1. The second kappa shape index (κ2) is 4.42. The Hall–Kier alpha value is -2.21. The lowest BCUT2D eigenvalue weighted by atomic mass is 9.97. The number of nitrogens with one attached hydrogen (secondary N) is 1. The van der Waals surface area contributed by atoms with Gasteiger partial charge in [-0.15, -0.1) is 0 Å². The quantitative estimate of drug-likeness (QED) is 0.660. The molecule has 1 heterocycles. The average Bonchev–Trinajstić information content (AvgIpc) is 3.17. The minimum absolute atomic E-state index is 0.0788. The zero-order chi connectivity index (χ0) is 14.3. The summed E-state index contributed by atoms with van der Waals surface area (Å²) in [7, 11) is 0. The van der Waals surface area contributed by atoms with E-state index < -0.39 is 10.5 Å². The molecule has 0 bridgehead atoms. The summed E-state index contributed by atoms with van der Waals surface area (Å²) in [5.41, 5.74) is 7.65. The monoisotopic (exact) mass is 272 g/mol. The van der Waals surface area contributed by atoms with Crippen LogP contribution in [0.25, 0.3) is 11.3 Å². The molecule has 0 radical (unpaired) electrons. The van der Waals surface area contributed by atoms with Gasteiger partial charge in [-0.2, -0.15) is 0 Å². The topological polar surface area (TPSA) is 97.8 Å². The molecule has 2 aromatic rings. The van der Waals surface area contributed by atoms with Crippen LogP contribution in [0.1, 0.15) is 25.6 Å². The van der Waals surface area contributed by atoms with Crippen molar-refractivity contribution < 1.29 is 4.92 Å². The molecule has 1 aliphatic carbocycles. The maximum Gasteiger partial charge on any atom is 0.269 e. The van der Waals surface area contributed by atoms with E-state index in [9.17, 15) is 10.1 Å². The highest BCUT2D eigenvalue weighted by Gasteiger charge is 2.41. The summed E-state index contributed by atoms with van der Waals surface area (Å²) >= 11 is 0. The molecule has 1 atom stereocenters. The number of imidazole rings is 1. The van der Waals surface area contributed by atoms with E-state index in [0.717, 1.165) is 29.9 Å². The highest BCUT2D eigenvalue weighted by atomic mass is 16.6. The molecule has 6 heteroatoms. The van der Waals surface area contributed by atoms with Crippen LogP contribution in [-0.4, -0.2) is 14.9 Å². The van der Waals surface area contributed by atoms with Gasteiger partial charge in [0.15, 0.2) is 0 Å². The van der Waals surface area contributed by atoms with Crippen molar-refractivity contribution in [3.8, 4) is 11.3 Å². The van der Waals surface area contributed by atoms with Crippen molar-refractivity contribution in [2.24, 2.45) is 11.7 Å². The zero-order valence-corrected chi connectivity index (χ0v) is 11.2. The summed E-state index contributed by atoms with van der Waals surface area (Å²) in [5, 5.41) is 10.6. The Morgan fingerprint density at radius 1 is 1.40 bits per heavy atom. The molecule has 3 N–H and O–H groups in total. The third kappa shape index (κ3) is 2.18. The molecule has 20 heavy (non-hydrogen) atoms. The fourth-order valence-electron chi connectivity index (χ4n) is 2.38. The Kier molecular flexibility index (Phi) is 2.83. The van der Waals surface area contributed by atoms with Crippen LogP contribution in [0.15, 0.2) is 30.5 Å². The molecule has 1 aromatic carbocycles. The van der Waals surface area contributed by atoms with Crippen LogP contribution >= 0.6 is 0 Å². The second-order valence-corrected chi connectivity index (χ2v) is 5.51. The van der Waals surface area contributed by atoms with E-state index in [4.69, 9.17) is 5.73 Å². The standard InChI is InChI=1S/C14H16N4O2/c1-14(15,10-4-5-10)13-16-8-12(17-13)9-2-6-11(7-3-9)18(19)20/h2-3,6-8,10H,4-5,15H2,1H3,(H,16,17). The summed E-state index contributed by atoms with van der Waals surface area (Å²) in [6, 6.07) is 6.39. The Morgan fingerprint density at radius 2 is 2.05 bits per heavy atom. The lowest BCUT2D eigenvalue weighted by Crippen LogP contribution is -2.36. The van der Waals surface area contributed by atoms with Gasteiger partial charge in [-0.25, -0.2) is 4.98 Å². The van der Waals surface area contributed by atoms with Crippen molar-refractivity contribution in [1.82, 2.24) is 9.97 Å². The molecule has 6 nitrogen and oxygen atoms in total. The fourth-order valence-corrected chi connectivity index (χ4v) is 2.38. The van der Waals surface area contributed by atoms with Crippen molar-refractivity contribution in [3.05, 3.63) is 46.4 Å². The van der Waals surface area contributed by atoms with E-state index in [1.165, 1.54) is 12.1 Å². The van der Waals surface area contributed by atoms with Gasteiger partial charge in [0.2, 0.25) is 0 Å². The van der Waals surface area contributed by atoms with E-state index in [2.05, 4.69) is 9.97 Å². The fraction of sp³-hybridized carbons (Fsp3) is 0.357. The summed E-state index contributed by atoms with van der Waals surface area (Å²) in [5.74, 6) is 1.26. The van der Waals surface area contributed by atoms with E-state index in [0.29, 0.717) is 5.92 Å². The normalized spacial score (nSPS) is 17.7. The van der Waals surface area contributed by atoms with E-state index in [1.54, 1.807) is 18.3 Å². The van der Waals surface area contributed by atoms with Gasteiger partial charge in [-0.05, 0) is 37.8 Å². The third-order valence-electron chi connectivity index (χ3n) is 3.90. The van der Waals surface area contributed by atoms with Gasteiger partial charge in [0.25, 0.3) is 5.69 Å². The average molecular weight is 272 g/mol. The number of nitro groups is 1. The maximum atomic E-state index is 10.6. The van der Waals surface area contributed by atoms with Crippen LogP contribution in [0.2, 0.25) is 0 Å². The number of nitrogens with two attached hydrogens (primary N) is 1. The summed E-state index contributed by atoms with van der Waals surface area (Å²) in [4.78, 5) is 17.8. The van der Waals surface area contributed by atoms with Gasteiger partial charge in [-0.1, -0.05) is 0 Å². The van der Waals surface area contributed by atoms with Crippen molar-refractivity contribution in [3.63, 3.8) is 0 Å². The first-order chi connectivity index (χ1) is 9.48. The van der Waals surface area contributed by atoms with Crippen molar-refractivity contribution in [2.75, 3.05) is 0 Å². The van der Waals surface area contributed by atoms with Gasteiger partial charge in [0.05, 0.1) is 22.4 Å². The van der Waals surface area contributed by atoms with Crippen LogP contribution < -0.4 is 5.73 Å². The van der Waals surface area contributed by atoms with Crippen molar-refractivity contribution in [2.45, 2.75) is 25.3 Å². The van der Waals surface area contributed by atoms with Crippen LogP contribution in [0.4, 0.5) is 5.69 Å². The van der Waals surface area contributed by atoms with Gasteiger partial charge in [-0.3, -0.25) is 10.1 Å². The third-order valence-corrected chi connectivity index (χ3v) is 3.90. The number of nitrogens with zero attached hydrogens (tertiary/aromatic N) is 2. The molecule has 1 fully saturated rings. The molecule has 1 saturated carbocycles. The first-order valence-electron chi connectivity index (χ1n) is 6.57. The Bertz CT molecular complexity index is 641. The Balaban J connectivity index is 1.88. The number of hydrogen-bond acceptors (Lipinski definition) is 4. The molecule has 1 unspecified atom stereocenters. The number of aromatic nitrogens is 2. The molecule has 104 valence electrons. The maximum absolute atomic E-state index is 10.6. The summed E-state index contributed by atoms with van der Waals surface area (Å²) < 4.78 is 0. The number of rotatable bonds is 4. The van der Waals surface area contributed by atoms with Crippen molar-refractivity contribution >= 4 is 5.69 Å². The number of non-ortho nitro benzene ring substituents is 1. The molecule has 1 aromatic heterocycles. The van der Waals surface area contributed by atoms with Crippen LogP contribution in [0.3, 0.4) is 0 Å². The minimum Gasteiger partial charge on any atom is -0.340 e. The van der Waals surface area contributed by atoms with Gasteiger partial charge >= 0.3 is 0 Å². The largest absolute Gasteiger partial charge is 0.340 e. The predicted molar refractivity (Wildman–Crippen MR) is 74.9 cm³/mol. The first kappa shape index (κ1) is 12.8. The number of hydrogen-bond donors (Lipinski definition) is 2. The molecule has 1 aliphatic rings. The highest BCUT2D eigenvalue weighted by molar-refractivity contribution is 5.60. The number of aromatic amines is 1. The van der Waals surface area contributed by atoms with E-state index >= 15 is 0 Å². The molecule has 0 aliphatic heterocycles. The summed E-state index contributed by atoms with van der Waals surface area (Å²) in [6.45, 7) is 1.99. The summed E-state index contributed by atoms with van der Waals surface area (Å²) in [6.07, 6.45) is 4.01. The second-order valence-electron chi connectivity index (χ2n) is 5.51. The number of H-pyrrole nitrogens is 1. The van der Waals surface area contributed by atoms with Crippen LogP contribution in [0, 0.1) is 16.0 Å². The predicted octanol–water partition coefficient (Wildman–Crippen LogP) is 2.57. The highest BCUT2D eigenvalue weighted by Crippen LogP contribution is 2.43. The van der Waals surface area contributed by atoms with E-state index in [1.807, 2.05) is 6.92 Å². The van der Waals surface area contributed by atoms with Crippen LogP contribution in [-0.2, 0) is 5.54 Å². The van der Waals surface area contributed by atoms with Crippen LogP contribution in [0.5, 0.6) is 0 Å². The lowest BCUT2D eigenvalue weighted by molar-refractivity contribution is -0.384. The zero-order valence-electron chi connectivity index (χ0n) is 11.2. The molecular weight excluding hydrogens is 256 g/mol. The molecule has 3 rings (SSSR count). The lowest BCUT2D eigenvalue weighted by Gasteiger charge is -2.21. The minimum atomic E-state index is -0.432. The SMILES string of the molecule is CC(N)(c1ncc(-c2ccc([N+](=O)[O-])cc2)[nH]1)C1CC1. The van der Waals surface area contributed by atoms with E-state index in [-0.39, 0.29) is 5.69 Å². The molecule has 0 amide bonds. The van der Waals surface area contributed by atoms with Gasteiger partial charge in [0.1, 0.15) is 5.82 Å². The molecule has 0 spiro atoms. The first-order valence-corrected chi connectivity index (χ1v) is 6.57. The van der Waals surface area contributed by atoms with Gasteiger partial charge in [0, 0.05) is 17.7 Å². The molecular formula is C14H16N4O2.